The minimum absolute atomic E-state index is 0.0242. The molecule has 1 aromatic heterocycles. The topological polar surface area (TPSA) is 56.2 Å². The summed E-state index contributed by atoms with van der Waals surface area (Å²) in [6.07, 6.45) is 2.14. The molecule has 6 heteroatoms. The Morgan fingerprint density at radius 2 is 2.24 bits per heavy atom. The van der Waals surface area contributed by atoms with Gasteiger partial charge >= 0.3 is 0 Å². The van der Waals surface area contributed by atoms with Crippen LogP contribution in [-0.4, -0.2) is 34.4 Å². The number of nitrogens with one attached hydrogen (secondary N) is 1. The molecular formula is C15H24ClN3O2. The zero-order chi connectivity index (χ0) is 15.6. The number of carbonyl (C=O) groups excluding carboxylic acids is 1. The SMILES string of the molecule is Cc1nn(CC(C)C)c(Cl)c1C(=O)N[C@@H](C)[C@H]1CCCO1. The van der Waals surface area contributed by atoms with Crippen molar-refractivity contribution in [2.45, 2.75) is 59.2 Å². The molecule has 1 aromatic rings. The van der Waals surface area contributed by atoms with Crippen LogP contribution < -0.4 is 5.32 Å². The van der Waals surface area contributed by atoms with E-state index in [4.69, 9.17) is 16.3 Å². The van der Waals surface area contributed by atoms with Crippen molar-refractivity contribution in [3.05, 3.63) is 16.4 Å². The average Bonchev–Trinajstić information content (AvgIpc) is 2.98. The molecule has 21 heavy (non-hydrogen) atoms. The highest BCUT2D eigenvalue weighted by molar-refractivity contribution is 6.33. The lowest BCUT2D eigenvalue weighted by atomic mass is 10.1. The number of hydrogen-bond donors (Lipinski definition) is 1. The first-order valence-electron chi connectivity index (χ1n) is 7.55. The van der Waals surface area contributed by atoms with Gasteiger partial charge in [0, 0.05) is 13.2 Å². The van der Waals surface area contributed by atoms with E-state index in [1.165, 1.54) is 0 Å². The van der Waals surface area contributed by atoms with Gasteiger partial charge in [-0.3, -0.25) is 9.48 Å². The Morgan fingerprint density at radius 1 is 1.52 bits per heavy atom. The molecule has 0 aliphatic carbocycles. The predicted octanol–water partition coefficient (Wildman–Crippen LogP) is 2.80. The summed E-state index contributed by atoms with van der Waals surface area (Å²) in [5.74, 6) is 0.249. The number of rotatable bonds is 5. The van der Waals surface area contributed by atoms with Gasteiger partial charge in [0.1, 0.15) is 5.15 Å². The van der Waals surface area contributed by atoms with E-state index in [-0.39, 0.29) is 18.1 Å². The number of ether oxygens (including phenoxy) is 1. The molecule has 2 rings (SSSR count). The lowest BCUT2D eigenvalue weighted by Gasteiger charge is -2.19. The molecule has 1 amide bonds. The van der Waals surface area contributed by atoms with Gasteiger partial charge in [0.15, 0.2) is 0 Å². The van der Waals surface area contributed by atoms with Gasteiger partial charge in [-0.1, -0.05) is 25.4 Å². The molecule has 1 aliphatic heterocycles. The summed E-state index contributed by atoms with van der Waals surface area (Å²) in [5.41, 5.74) is 1.14. The van der Waals surface area contributed by atoms with Crippen molar-refractivity contribution in [2.24, 2.45) is 5.92 Å². The van der Waals surface area contributed by atoms with E-state index in [1.54, 1.807) is 4.68 Å². The van der Waals surface area contributed by atoms with Crippen LogP contribution >= 0.6 is 11.6 Å². The molecule has 1 aliphatic rings. The third-order valence-corrected chi connectivity index (χ3v) is 4.10. The molecule has 2 heterocycles. The minimum atomic E-state index is -0.171. The normalized spacial score (nSPS) is 20.0. The van der Waals surface area contributed by atoms with Crippen LogP contribution in [0.4, 0.5) is 0 Å². The van der Waals surface area contributed by atoms with Crippen molar-refractivity contribution in [3.63, 3.8) is 0 Å². The molecule has 0 spiro atoms. The number of halogens is 1. The Morgan fingerprint density at radius 3 is 2.81 bits per heavy atom. The number of amides is 1. The maximum absolute atomic E-state index is 12.4. The van der Waals surface area contributed by atoms with Gasteiger partial charge in [0.05, 0.1) is 23.4 Å². The third kappa shape index (κ3) is 3.77. The summed E-state index contributed by atoms with van der Waals surface area (Å²) in [6, 6.07) is -0.0242. The van der Waals surface area contributed by atoms with E-state index in [9.17, 15) is 4.79 Å². The fourth-order valence-electron chi connectivity index (χ4n) is 2.65. The van der Waals surface area contributed by atoms with Gasteiger partial charge in [-0.2, -0.15) is 5.10 Å². The highest BCUT2D eigenvalue weighted by Gasteiger charge is 2.27. The van der Waals surface area contributed by atoms with Crippen LogP contribution in [0.5, 0.6) is 0 Å². The smallest absolute Gasteiger partial charge is 0.256 e. The Bertz CT molecular complexity index is 507. The highest BCUT2D eigenvalue weighted by Crippen LogP contribution is 2.22. The molecule has 5 nitrogen and oxygen atoms in total. The molecule has 2 atom stereocenters. The zero-order valence-corrected chi connectivity index (χ0v) is 13.9. The predicted molar refractivity (Wildman–Crippen MR) is 82.7 cm³/mol. The molecule has 0 unspecified atom stereocenters. The number of aromatic nitrogens is 2. The highest BCUT2D eigenvalue weighted by atomic mass is 35.5. The fraction of sp³-hybridized carbons (Fsp3) is 0.733. The van der Waals surface area contributed by atoms with Crippen LogP contribution in [-0.2, 0) is 11.3 Å². The second kappa shape index (κ2) is 6.79. The second-order valence-corrected chi connectivity index (χ2v) is 6.50. The molecule has 1 N–H and O–H groups in total. The van der Waals surface area contributed by atoms with Gasteiger partial charge in [-0.25, -0.2) is 0 Å². The number of nitrogens with zero attached hydrogens (tertiary/aromatic N) is 2. The Labute approximate surface area is 131 Å². The van der Waals surface area contributed by atoms with Crippen molar-refractivity contribution in [3.8, 4) is 0 Å². The number of hydrogen-bond acceptors (Lipinski definition) is 3. The molecule has 1 saturated heterocycles. The van der Waals surface area contributed by atoms with Gasteiger partial charge in [0.25, 0.3) is 5.91 Å². The fourth-order valence-corrected chi connectivity index (χ4v) is 2.98. The number of aryl methyl sites for hydroxylation is 1. The molecule has 118 valence electrons. The maximum atomic E-state index is 12.4. The van der Waals surface area contributed by atoms with Crippen LogP contribution in [0, 0.1) is 12.8 Å². The Balaban J connectivity index is 2.09. The molecule has 0 bridgehead atoms. The van der Waals surface area contributed by atoms with Crippen molar-refractivity contribution >= 4 is 17.5 Å². The standard InChI is InChI=1S/C15H24ClN3O2/c1-9(2)8-19-14(16)13(11(4)18-19)15(20)17-10(3)12-6-5-7-21-12/h9-10,12H,5-8H2,1-4H3,(H,17,20)/t10-,12+/m0/s1. The summed E-state index contributed by atoms with van der Waals surface area (Å²) in [7, 11) is 0. The van der Waals surface area contributed by atoms with Gasteiger partial charge < -0.3 is 10.1 Å². The molecule has 0 radical (unpaired) electrons. The monoisotopic (exact) mass is 313 g/mol. The van der Waals surface area contributed by atoms with Crippen LogP contribution in [0.3, 0.4) is 0 Å². The van der Waals surface area contributed by atoms with E-state index >= 15 is 0 Å². The summed E-state index contributed by atoms with van der Waals surface area (Å²) in [6.45, 7) is 9.44. The first-order chi connectivity index (χ1) is 9.90. The van der Waals surface area contributed by atoms with Crippen molar-refractivity contribution < 1.29 is 9.53 Å². The van der Waals surface area contributed by atoms with Crippen molar-refractivity contribution in [2.75, 3.05) is 6.61 Å². The first kappa shape index (κ1) is 16.3. The minimum Gasteiger partial charge on any atom is -0.376 e. The Hall–Kier alpha value is -1.07. The third-order valence-electron chi connectivity index (χ3n) is 3.71. The lowest BCUT2D eigenvalue weighted by molar-refractivity contribution is 0.0712. The molecular weight excluding hydrogens is 290 g/mol. The van der Waals surface area contributed by atoms with Gasteiger partial charge in [-0.15, -0.1) is 0 Å². The van der Waals surface area contributed by atoms with E-state index in [0.717, 1.165) is 19.4 Å². The second-order valence-electron chi connectivity index (χ2n) is 6.14. The summed E-state index contributed by atoms with van der Waals surface area (Å²) >= 11 is 6.32. The van der Waals surface area contributed by atoms with Crippen molar-refractivity contribution in [1.82, 2.24) is 15.1 Å². The lowest BCUT2D eigenvalue weighted by Crippen LogP contribution is -2.41. The van der Waals surface area contributed by atoms with Crippen molar-refractivity contribution in [1.29, 1.82) is 0 Å². The first-order valence-corrected chi connectivity index (χ1v) is 7.93. The summed E-state index contributed by atoms with van der Waals surface area (Å²) in [4.78, 5) is 12.4. The Kier molecular flexibility index (Phi) is 5.27. The zero-order valence-electron chi connectivity index (χ0n) is 13.1. The van der Waals surface area contributed by atoms with Crippen LogP contribution in [0.2, 0.25) is 5.15 Å². The van der Waals surface area contributed by atoms with Crippen LogP contribution in [0.1, 0.15) is 49.7 Å². The van der Waals surface area contributed by atoms with E-state index < -0.39 is 0 Å². The van der Waals surface area contributed by atoms with Gasteiger partial charge in [-0.05, 0) is 32.6 Å². The van der Waals surface area contributed by atoms with Crippen LogP contribution in [0.15, 0.2) is 0 Å². The summed E-state index contributed by atoms with van der Waals surface area (Å²) < 4.78 is 7.30. The van der Waals surface area contributed by atoms with E-state index in [2.05, 4.69) is 24.3 Å². The van der Waals surface area contributed by atoms with E-state index in [1.807, 2.05) is 13.8 Å². The van der Waals surface area contributed by atoms with Gasteiger partial charge in [0.2, 0.25) is 0 Å². The molecule has 1 fully saturated rings. The van der Waals surface area contributed by atoms with Crippen LogP contribution in [0.25, 0.3) is 0 Å². The quantitative estimate of drug-likeness (QED) is 0.909. The largest absolute Gasteiger partial charge is 0.376 e. The maximum Gasteiger partial charge on any atom is 0.256 e. The molecule has 0 aromatic carbocycles. The summed E-state index contributed by atoms with van der Waals surface area (Å²) in [5, 5.41) is 7.77. The van der Waals surface area contributed by atoms with E-state index in [0.29, 0.717) is 28.9 Å². The average molecular weight is 314 g/mol. The number of carbonyl (C=O) groups is 1. The molecule has 0 saturated carbocycles.